The molecule has 36 heavy (non-hydrogen) atoms. The van der Waals surface area contributed by atoms with Crippen molar-refractivity contribution in [3.05, 3.63) is 35.7 Å². The van der Waals surface area contributed by atoms with Crippen molar-refractivity contribution < 1.29 is 26.3 Å². The lowest BCUT2D eigenvalue weighted by atomic mass is 10.2. The average Bonchev–Trinajstić information content (AvgIpc) is 2.84. The molecule has 0 radical (unpaired) electrons. The highest BCUT2D eigenvalue weighted by atomic mass is 19.2. The minimum Gasteiger partial charge on any atom is -0.221 e. The first kappa shape index (κ1) is 20.2. The molecule has 1 aromatic carbocycles. The van der Waals surface area contributed by atoms with Crippen LogP contribution in [0, 0.1) is 35.7 Å². The topological polar surface area (TPSA) is 155 Å². The van der Waals surface area contributed by atoms with Gasteiger partial charge >= 0.3 is 0 Å². The first-order valence-corrected chi connectivity index (χ1v) is 9.50. The van der Waals surface area contributed by atoms with Crippen LogP contribution >= 0.6 is 0 Å². The summed E-state index contributed by atoms with van der Waals surface area (Å²) in [6.07, 6.45) is 0. The summed E-state index contributed by atoms with van der Waals surface area (Å²) < 4.78 is 82.2. The van der Waals surface area contributed by atoms with Crippen LogP contribution in [0.5, 0.6) is 0 Å². The number of hydrogen-bond acceptors (Lipinski definition) is 12. The van der Waals surface area contributed by atoms with E-state index in [2.05, 4.69) is 59.8 Å². The fraction of sp³-hybridized carbons (Fsp3) is 0. The lowest BCUT2D eigenvalue weighted by Crippen LogP contribution is -2.06. The molecule has 0 fully saturated rings. The van der Waals surface area contributed by atoms with E-state index < -0.39 is 69.6 Å². The number of benzene rings is 1. The minimum absolute atomic E-state index is 0.185. The lowest BCUT2D eigenvalue weighted by molar-refractivity contribution is 0.457. The molecule has 0 aliphatic heterocycles. The standard InChI is InChI=1S/C18F6N12/c19-7-8(20)32-14-13(31-7)25-1-2(26-14)4-6(30-18-17(29-4)35-11(23)12(24)36-18)5-3(1)27-15-16(28-5)34-10(22)9(21)33-15. The van der Waals surface area contributed by atoms with E-state index in [0.717, 1.165) is 0 Å². The van der Waals surface area contributed by atoms with Crippen molar-refractivity contribution in [2.45, 2.75) is 0 Å². The second kappa shape index (κ2) is 6.71. The largest absolute Gasteiger partial charge is 0.270 e. The molecule has 6 heterocycles. The molecule has 7 rings (SSSR count). The van der Waals surface area contributed by atoms with Crippen LogP contribution in [0.3, 0.4) is 0 Å². The maximum Gasteiger partial charge on any atom is 0.270 e. The Kier molecular flexibility index (Phi) is 3.77. The van der Waals surface area contributed by atoms with Crippen LogP contribution in [0.1, 0.15) is 0 Å². The molecule has 0 aliphatic rings. The van der Waals surface area contributed by atoms with Gasteiger partial charge in [0.25, 0.3) is 35.7 Å². The summed E-state index contributed by atoms with van der Waals surface area (Å²) >= 11 is 0. The quantitative estimate of drug-likeness (QED) is 0.171. The molecule has 7 aromatic rings. The summed E-state index contributed by atoms with van der Waals surface area (Å²) in [5, 5.41) is 0. The summed E-state index contributed by atoms with van der Waals surface area (Å²) in [5.41, 5.74) is -3.76. The van der Waals surface area contributed by atoms with E-state index in [1.54, 1.807) is 0 Å². The van der Waals surface area contributed by atoms with Crippen LogP contribution in [-0.2, 0) is 0 Å². The number of nitrogens with zero attached hydrogens (tertiary/aromatic N) is 12. The van der Waals surface area contributed by atoms with Gasteiger partial charge in [0.2, 0.25) is 33.9 Å². The van der Waals surface area contributed by atoms with Crippen molar-refractivity contribution in [1.82, 2.24) is 59.8 Å². The number of rotatable bonds is 0. The van der Waals surface area contributed by atoms with Crippen molar-refractivity contribution in [2.24, 2.45) is 0 Å². The van der Waals surface area contributed by atoms with Crippen LogP contribution in [0.2, 0.25) is 0 Å². The Morgan fingerprint density at radius 1 is 0.222 bits per heavy atom. The Morgan fingerprint density at radius 2 is 0.361 bits per heavy atom. The highest BCUT2D eigenvalue weighted by molar-refractivity contribution is 6.20. The van der Waals surface area contributed by atoms with E-state index >= 15 is 0 Å². The summed E-state index contributed by atoms with van der Waals surface area (Å²) in [6, 6.07) is 0. The van der Waals surface area contributed by atoms with Gasteiger partial charge in [0.15, 0.2) is 0 Å². The van der Waals surface area contributed by atoms with Crippen LogP contribution in [-0.4, -0.2) is 59.8 Å². The smallest absolute Gasteiger partial charge is 0.221 e. The molecule has 0 saturated carbocycles. The molecule has 0 aliphatic carbocycles. The summed E-state index contributed by atoms with van der Waals surface area (Å²) in [6.45, 7) is 0. The van der Waals surface area contributed by atoms with Gasteiger partial charge in [0.05, 0.1) is 0 Å². The molecule has 0 unspecified atom stereocenters. The van der Waals surface area contributed by atoms with E-state index in [1.807, 2.05) is 0 Å². The Bertz CT molecular complexity index is 1720. The van der Waals surface area contributed by atoms with E-state index in [-0.39, 0.29) is 33.1 Å². The van der Waals surface area contributed by atoms with Crippen LogP contribution in [0.25, 0.3) is 67.0 Å². The normalized spacial score (nSPS) is 12.2. The van der Waals surface area contributed by atoms with Crippen LogP contribution < -0.4 is 0 Å². The van der Waals surface area contributed by atoms with Gasteiger partial charge in [-0.05, 0) is 0 Å². The van der Waals surface area contributed by atoms with Crippen molar-refractivity contribution in [2.75, 3.05) is 0 Å². The Balaban J connectivity index is 1.76. The van der Waals surface area contributed by atoms with Gasteiger partial charge < -0.3 is 0 Å². The van der Waals surface area contributed by atoms with E-state index in [9.17, 15) is 26.3 Å². The van der Waals surface area contributed by atoms with Crippen molar-refractivity contribution >= 4 is 67.0 Å². The van der Waals surface area contributed by atoms with E-state index in [0.29, 0.717) is 0 Å². The molecule has 0 N–H and O–H groups in total. The molecule has 12 nitrogen and oxygen atoms in total. The summed E-state index contributed by atoms with van der Waals surface area (Å²) in [5.74, 6) is -9.33. The first-order valence-electron chi connectivity index (χ1n) is 9.50. The van der Waals surface area contributed by atoms with Crippen LogP contribution in [0.15, 0.2) is 0 Å². The molecule has 0 spiro atoms. The minimum atomic E-state index is -1.56. The van der Waals surface area contributed by atoms with Gasteiger partial charge in [0, 0.05) is 0 Å². The molecule has 0 saturated heterocycles. The molecule has 0 atom stereocenters. The maximum absolute atomic E-state index is 13.7. The van der Waals surface area contributed by atoms with Crippen LogP contribution in [0.4, 0.5) is 26.3 Å². The zero-order valence-electron chi connectivity index (χ0n) is 16.6. The third-order valence-corrected chi connectivity index (χ3v) is 4.99. The third-order valence-electron chi connectivity index (χ3n) is 4.99. The van der Waals surface area contributed by atoms with Gasteiger partial charge in [-0.3, -0.25) is 0 Å². The molecular weight excluding hydrogens is 498 g/mol. The predicted octanol–water partition coefficient (Wildman–Crippen LogP) is 2.18. The Hall–Kier alpha value is -5.16. The zero-order valence-corrected chi connectivity index (χ0v) is 16.6. The number of aromatic nitrogens is 12. The average molecular weight is 498 g/mol. The molecule has 0 amide bonds. The van der Waals surface area contributed by atoms with Crippen molar-refractivity contribution in [3.63, 3.8) is 0 Å². The zero-order chi connectivity index (χ0) is 24.9. The second-order valence-corrected chi connectivity index (χ2v) is 7.12. The van der Waals surface area contributed by atoms with Gasteiger partial charge in [0.1, 0.15) is 33.1 Å². The van der Waals surface area contributed by atoms with Crippen molar-refractivity contribution in [3.8, 4) is 0 Å². The molecule has 18 heteroatoms. The fourth-order valence-electron chi connectivity index (χ4n) is 3.53. The van der Waals surface area contributed by atoms with E-state index in [1.165, 1.54) is 0 Å². The molecular formula is C18F6N12. The molecule has 0 bridgehead atoms. The predicted molar refractivity (Wildman–Crippen MR) is 105 cm³/mol. The summed E-state index contributed by atoms with van der Waals surface area (Å²) in [7, 11) is 0. The lowest BCUT2D eigenvalue weighted by Gasteiger charge is -2.09. The molecule has 6 aromatic heterocycles. The maximum atomic E-state index is 13.7. The highest BCUT2D eigenvalue weighted by Crippen LogP contribution is 2.31. The SMILES string of the molecule is Fc1nc2nc3c4nc5nc(F)c(F)nc5nc4c4nc5nc(F)c(F)nc5nc4c3nc2nc1F. The Morgan fingerprint density at radius 3 is 0.500 bits per heavy atom. The van der Waals surface area contributed by atoms with E-state index in [4.69, 9.17) is 0 Å². The highest BCUT2D eigenvalue weighted by Gasteiger charge is 2.23. The first-order chi connectivity index (χ1) is 17.3. The monoisotopic (exact) mass is 498 g/mol. The van der Waals surface area contributed by atoms with Gasteiger partial charge in [-0.2, -0.15) is 56.2 Å². The van der Waals surface area contributed by atoms with Crippen molar-refractivity contribution in [1.29, 1.82) is 0 Å². The second-order valence-electron chi connectivity index (χ2n) is 7.12. The van der Waals surface area contributed by atoms with Gasteiger partial charge in [-0.15, -0.1) is 0 Å². The molecule has 174 valence electrons. The van der Waals surface area contributed by atoms with Gasteiger partial charge in [-0.25, -0.2) is 29.9 Å². The summed E-state index contributed by atoms with van der Waals surface area (Å²) in [4.78, 5) is 44.9. The van der Waals surface area contributed by atoms with Gasteiger partial charge in [-0.1, -0.05) is 0 Å². The number of hydrogen-bond donors (Lipinski definition) is 0. The Labute approximate surface area is 189 Å². The fourth-order valence-corrected chi connectivity index (χ4v) is 3.53. The number of halogens is 6. The number of fused-ring (bicyclic) bond motifs is 9. The third kappa shape index (κ3) is 2.71.